The predicted molar refractivity (Wildman–Crippen MR) is 47.2 cm³/mol. The molecule has 1 rings (SSSR count). The van der Waals surface area contributed by atoms with E-state index in [1.54, 1.807) is 4.90 Å². The average Bonchev–Trinajstić information content (AvgIpc) is 1.94. The second-order valence-corrected chi connectivity index (χ2v) is 3.86. The van der Waals surface area contributed by atoms with Crippen LogP contribution in [0.2, 0.25) is 0 Å². The lowest BCUT2D eigenvalue weighted by Crippen LogP contribution is -2.51. The molecular weight excluding hydrogens is 170 g/mol. The molecule has 0 aromatic carbocycles. The molecule has 13 heavy (non-hydrogen) atoms. The third-order valence-electron chi connectivity index (χ3n) is 2.23. The van der Waals surface area contributed by atoms with Crippen LogP contribution >= 0.6 is 0 Å². The summed E-state index contributed by atoms with van der Waals surface area (Å²) < 4.78 is 0. The number of nitrogens with zero attached hydrogens (tertiary/aromatic N) is 1. The molecule has 0 bridgehead atoms. The van der Waals surface area contributed by atoms with E-state index >= 15 is 0 Å². The molecule has 1 saturated heterocycles. The van der Waals surface area contributed by atoms with Gasteiger partial charge in [-0.25, -0.2) is 0 Å². The van der Waals surface area contributed by atoms with Gasteiger partial charge in [-0.3, -0.25) is 9.59 Å². The molecule has 74 valence electrons. The molecule has 0 spiro atoms. The van der Waals surface area contributed by atoms with Crippen LogP contribution in [-0.2, 0) is 9.59 Å². The molecule has 0 atom stereocenters. The van der Waals surface area contributed by atoms with Gasteiger partial charge >= 0.3 is 5.97 Å². The van der Waals surface area contributed by atoms with Gasteiger partial charge in [-0.2, -0.15) is 0 Å². The number of carbonyl (C=O) groups excluding carboxylic acids is 1. The highest BCUT2D eigenvalue weighted by Crippen LogP contribution is 2.20. The van der Waals surface area contributed by atoms with E-state index in [0.29, 0.717) is 13.1 Å². The van der Waals surface area contributed by atoms with Crippen LogP contribution in [0.25, 0.3) is 0 Å². The van der Waals surface area contributed by atoms with Crippen molar-refractivity contribution in [2.24, 2.45) is 11.8 Å². The minimum absolute atomic E-state index is 0.0192. The van der Waals surface area contributed by atoms with Crippen molar-refractivity contribution in [2.75, 3.05) is 13.1 Å². The fourth-order valence-electron chi connectivity index (χ4n) is 1.49. The Kier molecular flexibility index (Phi) is 2.90. The predicted octanol–water partition coefficient (Wildman–Crippen LogP) is 0.575. The molecule has 1 heterocycles. The fraction of sp³-hybridized carbons (Fsp3) is 0.778. The fourth-order valence-corrected chi connectivity index (χ4v) is 1.49. The van der Waals surface area contributed by atoms with E-state index in [1.165, 1.54) is 0 Å². The lowest BCUT2D eigenvalue weighted by Gasteiger charge is -2.39. The molecule has 0 radical (unpaired) electrons. The van der Waals surface area contributed by atoms with Crippen molar-refractivity contribution in [1.82, 2.24) is 4.90 Å². The van der Waals surface area contributed by atoms with Crippen LogP contribution in [0.4, 0.5) is 0 Å². The number of hydrogen-bond acceptors (Lipinski definition) is 2. The van der Waals surface area contributed by atoms with Crippen molar-refractivity contribution in [1.29, 1.82) is 0 Å². The Morgan fingerprint density at radius 2 is 2.00 bits per heavy atom. The summed E-state index contributed by atoms with van der Waals surface area (Å²) >= 11 is 0. The van der Waals surface area contributed by atoms with Crippen molar-refractivity contribution in [3.05, 3.63) is 0 Å². The summed E-state index contributed by atoms with van der Waals surface area (Å²) in [6, 6.07) is 0. The molecule has 4 heteroatoms. The van der Waals surface area contributed by atoms with Gasteiger partial charge in [-0.05, 0) is 0 Å². The van der Waals surface area contributed by atoms with Crippen molar-refractivity contribution in [3.63, 3.8) is 0 Å². The van der Waals surface area contributed by atoms with Crippen LogP contribution in [-0.4, -0.2) is 35.0 Å². The second-order valence-electron chi connectivity index (χ2n) is 3.86. The van der Waals surface area contributed by atoms with E-state index in [4.69, 9.17) is 5.11 Å². The van der Waals surface area contributed by atoms with Gasteiger partial charge < -0.3 is 10.0 Å². The van der Waals surface area contributed by atoms with Gasteiger partial charge in [-0.15, -0.1) is 0 Å². The van der Waals surface area contributed by atoms with Crippen LogP contribution in [0.15, 0.2) is 0 Å². The molecule has 1 aliphatic heterocycles. The number of aliphatic carboxylic acids is 1. The molecule has 1 fully saturated rings. The van der Waals surface area contributed by atoms with E-state index in [0.717, 1.165) is 0 Å². The third-order valence-corrected chi connectivity index (χ3v) is 2.23. The van der Waals surface area contributed by atoms with E-state index in [9.17, 15) is 9.59 Å². The van der Waals surface area contributed by atoms with Gasteiger partial charge in [0.15, 0.2) is 0 Å². The first-order valence-electron chi connectivity index (χ1n) is 4.51. The van der Waals surface area contributed by atoms with Crippen LogP contribution in [0.5, 0.6) is 0 Å². The quantitative estimate of drug-likeness (QED) is 0.699. The van der Waals surface area contributed by atoms with Crippen LogP contribution < -0.4 is 0 Å². The SMILES string of the molecule is CC(C)C(=O)N1CC(CC(=O)O)C1. The number of amides is 1. The van der Waals surface area contributed by atoms with E-state index in [2.05, 4.69) is 0 Å². The molecule has 0 unspecified atom stereocenters. The summed E-state index contributed by atoms with van der Waals surface area (Å²) in [5.41, 5.74) is 0. The van der Waals surface area contributed by atoms with Crippen molar-refractivity contribution in [2.45, 2.75) is 20.3 Å². The van der Waals surface area contributed by atoms with Crippen LogP contribution in [0.3, 0.4) is 0 Å². The summed E-state index contributed by atoms with van der Waals surface area (Å²) in [5.74, 6) is -0.464. The molecule has 1 aliphatic rings. The molecule has 1 N–H and O–H groups in total. The zero-order chi connectivity index (χ0) is 10.0. The van der Waals surface area contributed by atoms with Gasteiger partial charge in [0.25, 0.3) is 0 Å². The molecule has 0 aromatic heterocycles. The number of carboxylic acid groups (broad SMARTS) is 1. The zero-order valence-corrected chi connectivity index (χ0v) is 7.99. The molecular formula is C9H15NO3. The molecule has 1 amide bonds. The summed E-state index contributed by atoms with van der Waals surface area (Å²) in [6.45, 7) is 4.94. The number of likely N-dealkylation sites (tertiary alicyclic amines) is 1. The van der Waals surface area contributed by atoms with Crippen molar-refractivity contribution >= 4 is 11.9 Å². The van der Waals surface area contributed by atoms with Gasteiger partial charge in [0, 0.05) is 24.9 Å². The summed E-state index contributed by atoms with van der Waals surface area (Å²) in [7, 11) is 0. The minimum atomic E-state index is -0.776. The van der Waals surface area contributed by atoms with Gasteiger partial charge in [-0.1, -0.05) is 13.8 Å². The summed E-state index contributed by atoms with van der Waals surface area (Å²) in [4.78, 5) is 23.4. The average molecular weight is 185 g/mol. The smallest absolute Gasteiger partial charge is 0.303 e. The van der Waals surface area contributed by atoms with E-state index in [-0.39, 0.29) is 24.2 Å². The zero-order valence-electron chi connectivity index (χ0n) is 7.99. The number of rotatable bonds is 3. The van der Waals surface area contributed by atoms with Gasteiger partial charge in [0.2, 0.25) is 5.91 Å². The summed E-state index contributed by atoms with van der Waals surface area (Å²) in [6.07, 6.45) is 0.182. The monoisotopic (exact) mass is 185 g/mol. The highest BCUT2D eigenvalue weighted by Gasteiger charge is 2.32. The van der Waals surface area contributed by atoms with Crippen LogP contribution in [0, 0.1) is 11.8 Å². The second kappa shape index (κ2) is 3.77. The first-order valence-corrected chi connectivity index (χ1v) is 4.51. The van der Waals surface area contributed by atoms with Crippen molar-refractivity contribution < 1.29 is 14.7 Å². The number of carbonyl (C=O) groups is 2. The largest absolute Gasteiger partial charge is 0.481 e. The topological polar surface area (TPSA) is 57.6 Å². The molecule has 0 saturated carbocycles. The molecule has 0 aromatic rings. The third kappa shape index (κ3) is 2.44. The normalized spacial score (nSPS) is 17.3. The Morgan fingerprint density at radius 1 is 1.46 bits per heavy atom. The Morgan fingerprint density at radius 3 is 2.38 bits per heavy atom. The van der Waals surface area contributed by atoms with Crippen molar-refractivity contribution in [3.8, 4) is 0 Å². The highest BCUT2D eigenvalue weighted by atomic mass is 16.4. The van der Waals surface area contributed by atoms with E-state index < -0.39 is 5.97 Å². The number of carboxylic acids is 1. The van der Waals surface area contributed by atoms with Crippen LogP contribution in [0.1, 0.15) is 20.3 Å². The maximum atomic E-state index is 11.3. The Bertz CT molecular complexity index is 219. The number of hydrogen-bond donors (Lipinski definition) is 1. The minimum Gasteiger partial charge on any atom is -0.481 e. The molecule has 4 nitrogen and oxygen atoms in total. The summed E-state index contributed by atoms with van der Waals surface area (Å²) in [5, 5.41) is 8.48. The Hall–Kier alpha value is -1.06. The van der Waals surface area contributed by atoms with Gasteiger partial charge in [0.1, 0.15) is 0 Å². The molecule has 0 aliphatic carbocycles. The standard InChI is InChI=1S/C9H15NO3/c1-6(2)9(13)10-4-7(5-10)3-8(11)12/h6-7H,3-5H2,1-2H3,(H,11,12). The van der Waals surface area contributed by atoms with E-state index in [1.807, 2.05) is 13.8 Å². The maximum absolute atomic E-state index is 11.3. The first kappa shape index (κ1) is 10.0. The highest BCUT2D eigenvalue weighted by molar-refractivity contribution is 5.79. The lowest BCUT2D eigenvalue weighted by atomic mass is 9.95. The maximum Gasteiger partial charge on any atom is 0.303 e. The first-order chi connectivity index (χ1) is 6.00. The Labute approximate surface area is 77.5 Å². The van der Waals surface area contributed by atoms with Gasteiger partial charge in [0.05, 0.1) is 6.42 Å². The lowest BCUT2D eigenvalue weighted by molar-refractivity contribution is -0.146. The Balaban J connectivity index is 2.25.